The number of piperidine rings is 1. The van der Waals surface area contributed by atoms with Crippen LogP contribution in [0.2, 0.25) is 5.02 Å². The molecule has 2 aromatic carbocycles. The van der Waals surface area contributed by atoms with Crippen LogP contribution in [-0.4, -0.2) is 57.2 Å². The molecule has 0 radical (unpaired) electrons. The summed E-state index contributed by atoms with van der Waals surface area (Å²) in [6.07, 6.45) is 5.10. The van der Waals surface area contributed by atoms with E-state index in [1.54, 1.807) is 23.2 Å². The molecule has 0 aliphatic carbocycles. The minimum atomic E-state index is -0.458. The van der Waals surface area contributed by atoms with E-state index >= 15 is 0 Å². The highest BCUT2D eigenvalue weighted by Crippen LogP contribution is 2.32. The first-order chi connectivity index (χ1) is 18.6. The van der Waals surface area contributed by atoms with Crippen LogP contribution in [0, 0.1) is 5.92 Å². The molecule has 4 aromatic rings. The van der Waals surface area contributed by atoms with E-state index in [9.17, 15) is 4.79 Å². The number of halogens is 1. The van der Waals surface area contributed by atoms with Crippen LogP contribution in [0.1, 0.15) is 18.5 Å². The van der Waals surface area contributed by atoms with Gasteiger partial charge < -0.3 is 24.8 Å². The largest absolute Gasteiger partial charge is 0.493 e. The lowest BCUT2D eigenvalue weighted by Gasteiger charge is -2.32. The second-order valence-electron chi connectivity index (χ2n) is 9.10. The number of rotatable bonds is 9. The lowest BCUT2D eigenvalue weighted by Crippen LogP contribution is -2.42. The smallest absolute Gasteiger partial charge is 0.248 e. The molecule has 1 atom stereocenters. The van der Waals surface area contributed by atoms with Gasteiger partial charge in [0.05, 0.1) is 22.8 Å². The number of hydrogen-bond acceptors (Lipinski definition) is 8. The Morgan fingerprint density at radius 1 is 1.11 bits per heavy atom. The van der Waals surface area contributed by atoms with Gasteiger partial charge in [0.1, 0.15) is 36.9 Å². The number of amides is 1. The molecule has 9 nitrogen and oxygen atoms in total. The van der Waals surface area contributed by atoms with Gasteiger partial charge in [-0.3, -0.25) is 9.78 Å². The summed E-state index contributed by atoms with van der Waals surface area (Å²) in [5.41, 5.74) is 2.34. The molecule has 196 valence electrons. The number of fused-ring (bicyclic) bond motifs is 1. The van der Waals surface area contributed by atoms with Gasteiger partial charge in [0.2, 0.25) is 5.91 Å². The third kappa shape index (κ3) is 6.30. The van der Waals surface area contributed by atoms with E-state index in [0.717, 1.165) is 35.1 Å². The van der Waals surface area contributed by atoms with Crippen LogP contribution in [0.3, 0.4) is 0 Å². The summed E-state index contributed by atoms with van der Waals surface area (Å²) in [5.74, 6) is 1.85. The van der Waals surface area contributed by atoms with Crippen LogP contribution in [0.15, 0.2) is 67.1 Å². The van der Waals surface area contributed by atoms with Crippen molar-refractivity contribution in [3.63, 3.8) is 0 Å². The molecule has 0 spiro atoms. The van der Waals surface area contributed by atoms with Crippen molar-refractivity contribution < 1.29 is 19.4 Å². The summed E-state index contributed by atoms with van der Waals surface area (Å²) in [6.45, 7) is 1.61. The minimum absolute atomic E-state index is 0.208. The first-order valence-corrected chi connectivity index (χ1v) is 12.8. The number of ether oxygens (including phenoxy) is 2. The molecular formula is C28H28ClN5O4. The Bertz CT molecular complexity index is 1400. The molecule has 1 aliphatic rings. The summed E-state index contributed by atoms with van der Waals surface area (Å²) in [5, 5.41) is 13.7. The molecule has 1 amide bonds. The standard InChI is InChI=1S/C28H28ClN5O4/c29-24-12-20(6-9-26(24)38-17-21-5-1-2-10-30-21)33-28-23-13-22(7-8-25(23)31-18-32-28)37-16-19-4-3-11-34(14-19)27(36)15-35/h1-2,5-10,12-13,18-19,35H,3-4,11,14-17H2,(H,31,32,33)/t19-/m1/s1. The Hall–Kier alpha value is -3.95. The van der Waals surface area contributed by atoms with Gasteiger partial charge in [0.15, 0.2) is 0 Å². The van der Waals surface area contributed by atoms with Crippen molar-refractivity contribution in [2.45, 2.75) is 19.4 Å². The van der Waals surface area contributed by atoms with Crippen molar-refractivity contribution in [2.24, 2.45) is 5.92 Å². The predicted octanol–water partition coefficient (Wildman–Crippen LogP) is 4.61. The molecule has 5 rings (SSSR count). The first-order valence-electron chi connectivity index (χ1n) is 12.4. The average Bonchev–Trinajstić information content (AvgIpc) is 2.96. The Morgan fingerprint density at radius 3 is 2.84 bits per heavy atom. The van der Waals surface area contributed by atoms with Gasteiger partial charge in [-0.15, -0.1) is 0 Å². The third-order valence-electron chi connectivity index (χ3n) is 6.40. The fraction of sp³-hybridized carbons (Fsp3) is 0.286. The van der Waals surface area contributed by atoms with Crippen molar-refractivity contribution >= 4 is 39.9 Å². The zero-order valence-electron chi connectivity index (χ0n) is 20.7. The summed E-state index contributed by atoms with van der Waals surface area (Å²) < 4.78 is 11.9. The monoisotopic (exact) mass is 533 g/mol. The first kappa shape index (κ1) is 25.7. The van der Waals surface area contributed by atoms with Crippen LogP contribution in [-0.2, 0) is 11.4 Å². The normalized spacial score (nSPS) is 15.3. The van der Waals surface area contributed by atoms with Crippen LogP contribution >= 0.6 is 11.6 Å². The van der Waals surface area contributed by atoms with Crippen molar-refractivity contribution in [3.05, 3.63) is 77.8 Å². The highest BCUT2D eigenvalue weighted by molar-refractivity contribution is 6.32. The lowest BCUT2D eigenvalue weighted by atomic mass is 9.99. The maximum absolute atomic E-state index is 11.8. The Kier molecular flexibility index (Phi) is 8.15. The SMILES string of the molecule is O=C(CO)N1CCC[C@@H](COc2ccc3ncnc(Nc4ccc(OCc5ccccn5)c(Cl)c4)c3c2)C1. The maximum atomic E-state index is 11.8. The number of pyridine rings is 1. The quantitative estimate of drug-likeness (QED) is 0.321. The molecule has 1 aliphatic heterocycles. The van der Waals surface area contributed by atoms with E-state index < -0.39 is 6.61 Å². The number of nitrogens with one attached hydrogen (secondary N) is 1. The van der Waals surface area contributed by atoms with Gasteiger partial charge >= 0.3 is 0 Å². The Balaban J connectivity index is 1.26. The van der Waals surface area contributed by atoms with Crippen molar-refractivity contribution in [1.82, 2.24) is 19.9 Å². The number of aliphatic hydroxyl groups excluding tert-OH is 1. The van der Waals surface area contributed by atoms with Crippen LogP contribution in [0.5, 0.6) is 11.5 Å². The van der Waals surface area contributed by atoms with E-state index in [-0.39, 0.29) is 11.8 Å². The van der Waals surface area contributed by atoms with Gasteiger partial charge in [-0.05, 0) is 61.4 Å². The zero-order chi connectivity index (χ0) is 26.3. The van der Waals surface area contributed by atoms with Gasteiger partial charge in [-0.1, -0.05) is 17.7 Å². The number of benzene rings is 2. The van der Waals surface area contributed by atoms with E-state index in [2.05, 4.69) is 20.3 Å². The number of carbonyl (C=O) groups is 1. The lowest BCUT2D eigenvalue weighted by molar-refractivity contribution is -0.136. The molecule has 0 unspecified atom stereocenters. The highest BCUT2D eigenvalue weighted by Gasteiger charge is 2.23. The van der Waals surface area contributed by atoms with E-state index in [0.29, 0.717) is 48.6 Å². The second-order valence-corrected chi connectivity index (χ2v) is 9.51. The molecule has 1 fully saturated rings. The fourth-order valence-electron chi connectivity index (χ4n) is 4.43. The topological polar surface area (TPSA) is 110 Å². The Labute approximate surface area is 225 Å². The molecule has 10 heteroatoms. The third-order valence-corrected chi connectivity index (χ3v) is 6.69. The molecule has 3 heterocycles. The highest BCUT2D eigenvalue weighted by atomic mass is 35.5. The van der Waals surface area contributed by atoms with E-state index in [1.807, 2.05) is 42.5 Å². The molecule has 2 aromatic heterocycles. The van der Waals surface area contributed by atoms with Crippen LogP contribution in [0.25, 0.3) is 10.9 Å². The van der Waals surface area contributed by atoms with Crippen molar-refractivity contribution in [2.75, 3.05) is 31.6 Å². The van der Waals surface area contributed by atoms with Crippen LogP contribution < -0.4 is 14.8 Å². The van der Waals surface area contributed by atoms with Gasteiger partial charge in [-0.2, -0.15) is 0 Å². The summed E-state index contributed by atoms with van der Waals surface area (Å²) in [4.78, 5) is 26.6. The van der Waals surface area contributed by atoms with Crippen molar-refractivity contribution in [1.29, 1.82) is 0 Å². The zero-order valence-corrected chi connectivity index (χ0v) is 21.5. The number of nitrogens with zero attached hydrogens (tertiary/aromatic N) is 4. The number of hydrogen-bond donors (Lipinski definition) is 2. The molecule has 38 heavy (non-hydrogen) atoms. The summed E-state index contributed by atoms with van der Waals surface area (Å²) >= 11 is 6.48. The number of aliphatic hydroxyl groups is 1. The minimum Gasteiger partial charge on any atom is -0.493 e. The molecule has 2 N–H and O–H groups in total. The molecular weight excluding hydrogens is 506 g/mol. The van der Waals surface area contributed by atoms with Gasteiger partial charge in [-0.25, -0.2) is 9.97 Å². The maximum Gasteiger partial charge on any atom is 0.248 e. The van der Waals surface area contributed by atoms with E-state index in [4.69, 9.17) is 26.2 Å². The molecule has 0 saturated carbocycles. The second kappa shape index (κ2) is 12.1. The summed E-state index contributed by atoms with van der Waals surface area (Å²) in [7, 11) is 0. The van der Waals surface area contributed by atoms with E-state index in [1.165, 1.54) is 6.33 Å². The predicted molar refractivity (Wildman–Crippen MR) is 145 cm³/mol. The molecule has 1 saturated heterocycles. The number of anilines is 2. The van der Waals surface area contributed by atoms with Gasteiger partial charge in [0.25, 0.3) is 0 Å². The van der Waals surface area contributed by atoms with Crippen molar-refractivity contribution in [3.8, 4) is 11.5 Å². The number of carbonyl (C=O) groups excluding carboxylic acids is 1. The number of likely N-dealkylation sites (tertiary alicyclic amines) is 1. The Morgan fingerprint density at radius 2 is 2.03 bits per heavy atom. The average molecular weight is 534 g/mol. The molecule has 0 bridgehead atoms. The van der Waals surface area contributed by atoms with Gasteiger partial charge in [0, 0.05) is 36.3 Å². The number of aromatic nitrogens is 3. The summed E-state index contributed by atoms with van der Waals surface area (Å²) in [6, 6.07) is 16.8. The fourth-order valence-corrected chi connectivity index (χ4v) is 4.67. The van der Waals surface area contributed by atoms with Crippen LogP contribution in [0.4, 0.5) is 11.5 Å².